The van der Waals surface area contributed by atoms with Crippen LogP contribution < -0.4 is 10.6 Å². The molecular formula is C22H23FN2O4S. The van der Waals surface area contributed by atoms with Gasteiger partial charge < -0.3 is 15.7 Å². The van der Waals surface area contributed by atoms with E-state index in [4.69, 9.17) is 0 Å². The predicted molar refractivity (Wildman–Crippen MR) is 112 cm³/mol. The summed E-state index contributed by atoms with van der Waals surface area (Å²) >= 11 is 1.39. The highest BCUT2D eigenvalue weighted by Gasteiger charge is 2.37. The number of carboxylic acids is 1. The second-order valence-electron chi connectivity index (χ2n) is 7.85. The van der Waals surface area contributed by atoms with E-state index in [2.05, 4.69) is 10.6 Å². The van der Waals surface area contributed by atoms with Crippen LogP contribution in [-0.4, -0.2) is 22.9 Å². The number of rotatable bonds is 5. The number of hydrogen-bond donors (Lipinski definition) is 3. The molecule has 2 aromatic rings. The van der Waals surface area contributed by atoms with Crippen molar-refractivity contribution in [2.45, 2.75) is 44.9 Å². The molecule has 2 aliphatic carbocycles. The Morgan fingerprint density at radius 2 is 1.67 bits per heavy atom. The highest BCUT2D eigenvalue weighted by molar-refractivity contribution is 7.17. The van der Waals surface area contributed by atoms with Gasteiger partial charge in [0.1, 0.15) is 10.8 Å². The van der Waals surface area contributed by atoms with Gasteiger partial charge in [-0.15, -0.1) is 11.3 Å². The number of thiophene rings is 1. The number of halogens is 1. The Morgan fingerprint density at radius 1 is 0.967 bits per heavy atom. The van der Waals surface area contributed by atoms with E-state index in [0.717, 1.165) is 42.5 Å². The van der Waals surface area contributed by atoms with Crippen molar-refractivity contribution in [1.29, 1.82) is 0 Å². The van der Waals surface area contributed by atoms with Crippen molar-refractivity contribution < 1.29 is 23.9 Å². The third-order valence-electron chi connectivity index (χ3n) is 5.91. The lowest BCUT2D eigenvalue weighted by atomic mass is 9.79. The molecule has 2 atom stereocenters. The second-order valence-corrected chi connectivity index (χ2v) is 8.95. The van der Waals surface area contributed by atoms with Crippen LogP contribution in [0.15, 0.2) is 24.3 Å². The number of carbonyl (C=O) groups excluding carboxylic acids is 2. The van der Waals surface area contributed by atoms with E-state index in [1.165, 1.54) is 35.6 Å². The van der Waals surface area contributed by atoms with Gasteiger partial charge in [0.25, 0.3) is 5.91 Å². The van der Waals surface area contributed by atoms with Gasteiger partial charge in [0, 0.05) is 10.6 Å². The predicted octanol–water partition coefficient (Wildman–Crippen LogP) is 4.46. The molecule has 3 N–H and O–H groups in total. The number of aryl methyl sites for hydroxylation is 1. The molecule has 0 bridgehead atoms. The zero-order valence-electron chi connectivity index (χ0n) is 16.4. The van der Waals surface area contributed by atoms with Gasteiger partial charge in [-0.3, -0.25) is 14.4 Å². The van der Waals surface area contributed by atoms with Crippen LogP contribution in [0.25, 0.3) is 0 Å². The standard InChI is InChI=1S/C22H23FN2O4S/c23-12-8-10-13(11-9-12)24-20(27)18-16-6-3-7-17(16)30-21(18)25-19(26)14-4-1-2-5-15(14)22(28)29/h8-11,14-15H,1-7H2,(H,24,27)(H,25,26)(H,28,29). The SMILES string of the molecule is O=C(Nc1ccc(F)cc1)c1c(NC(=O)C2CCCCC2C(=O)O)sc2c1CCC2. The molecule has 6 nitrogen and oxygen atoms in total. The zero-order chi connectivity index (χ0) is 21.3. The average Bonchev–Trinajstić information content (AvgIpc) is 3.30. The van der Waals surface area contributed by atoms with Crippen LogP contribution in [0.1, 0.15) is 52.9 Å². The molecule has 1 heterocycles. The van der Waals surface area contributed by atoms with Crippen LogP contribution in [0.2, 0.25) is 0 Å². The first-order valence-electron chi connectivity index (χ1n) is 10.2. The quantitative estimate of drug-likeness (QED) is 0.653. The summed E-state index contributed by atoms with van der Waals surface area (Å²) in [5.41, 5.74) is 1.84. The smallest absolute Gasteiger partial charge is 0.307 e. The average molecular weight is 431 g/mol. The zero-order valence-corrected chi connectivity index (χ0v) is 17.2. The Morgan fingerprint density at radius 3 is 2.37 bits per heavy atom. The minimum absolute atomic E-state index is 0.335. The Labute approximate surface area is 177 Å². The molecule has 2 amide bonds. The third kappa shape index (κ3) is 4.09. The monoisotopic (exact) mass is 430 g/mol. The van der Waals surface area contributed by atoms with Gasteiger partial charge in [0.2, 0.25) is 5.91 Å². The molecule has 158 valence electrons. The van der Waals surface area contributed by atoms with Crippen molar-refractivity contribution in [2.75, 3.05) is 10.6 Å². The lowest BCUT2D eigenvalue weighted by Gasteiger charge is -2.27. The van der Waals surface area contributed by atoms with Gasteiger partial charge in [-0.05, 0) is 61.9 Å². The van der Waals surface area contributed by atoms with Gasteiger partial charge in [0.15, 0.2) is 0 Å². The van der Waals surface area contributed by atoms with E-state index in [9.17, 15) is 23.9 Å². The van der Waals surface area contributed by atoms with Gasteiger partial charge in [0.05, 0.1) is 17.4 Å². The topological polar surface area (TPSA) is 95.5 Å². The van der Waals surface area contributed by atoms with E-state index in [-0.39, 0.29) is 11.8 Å². The Bertz CT molecular complexity index is 986. The molecule has 8 heteroatoms. The van der Waals surface area contributed by atoms with E-state index < -0.39 is 23.6 Å². The Balaban J connectivity index is 1.58. The highest BCUT2D eigenvalue weighted by Crippen LogP contribution is 2.40. The fraction of sp³-hybridized carbons (Fsp3) is 0.409. The number of hydrogen-bond acceptors (Lipinski definition) is 4. The van der Waals surface area contributed by atoms with Crippen LogP contribution in [0.3, 0.4) is 0 Å². The van der Waals surface area contributed by atoms with E-state index in [1.54, 1.807) is 0 Å². The van der Waals surface area contributed by atoms with Gasteiger partial charge in [-0.2, -0.15) is 0 Å². The summed E-state index contributed by atoms with van der Waals surface area (Å²) in [5.74, 6) is -3.31. The number of anilines is 2. The van der Waals surface area contributed by atoms with Crippen LogP contribution in [-0.2, 0) is 22.4 Å². The van der Waals surface area contributed by atoms with Crippen molar-refractivity contribution in [2.24, 2.45) is 11.8 Å². The molecular weight excluding hydrogens is 407 g/mol. The van der Waals surface area contributed by atoms with Gasteiger partial charge >= 0.3 is 5.97 Å². The molecule has 1 fully saturated rings. The molecule has 1 aromatic heterocycles. The summed E-state index contributed by atoms with van der Waals surface area (Å²) in [6, 6.07) is 5.51. The summed E-state index contributed by atoms with van der Waals surface area (Å²) in [5, 5.41) is 15.6. The van der Waals surface area contributed by atoms with Crippen LogP contribution in [0, 0.1) is 17.7 Å². The number of benzene rings is 1. The molecule has 30 heavy (non-hydrogen) atoms. The first-order chi connectivity index (χ1) is 14.4. The van der Waals surface area contributed by atoms with Crippen LogP contribution >= 0.6 is 11.3 Å². The largest absolute Gasteiger partial charge is 0.481 e. The van der Waals surface area contributed by atoms with Crippen molar-refractivity contribution in [3.05, 3.63) is 46.1 Å². The summed E-state index contributed by atoms with van der Waals surface area (Å²) in [4.78, 5) is 38.6. The minimum atomic E-state index is -0.946. The molecule has 0 radical (unpaired) electrons. The molecule has 0 aliphatic heterocycles. The first kappa shape index (κ1) is 20.5. The molecule has 2 aliphatic rings. The lowest BCUT2D eigenvalue weighted by molar-refractivity contribution is -0.147. The molecule has 0 saturated heterocycles. The summed E-state index contributed by atoms with van der Waals surface area (Å²) in [6.07, 6.45) is 5.22. The lowest BCUT2D eigenvalue weighted by Crippen LogP contribution is -2.36. The van der Waals surface area contributed by atoms with Gasteiger partial charge in [-0.25, -0.2) is 4.39 Å². The maximum atomic E-state index is 13.1. The summed E-state index contributed by atoms with van der Waals surface area (Å²) in [6.45, 7) is 0. The van der Waals surface area contributed by atoms with Crippen LogP contribution in [0.5, 0.6) is 0 Å². The molecule has 1 saturated carbocycles. The summed E-state index contributed by atoms with van der Waals surface area (Å²) in [7, 11) is 0. The number of carbonyl (C=O) groups is 3. The number of aliphatic carboxylic acids is 1. The van der Waals surface area contributed by atoms with Crippen molar-refractivity contribution >= 4 is 39.8 Å². The fourth-order valence-electron chi connectivity index (χ4n) is 4.40. The molecule has 4 rings (SSSR count). The first-order valence-corrected chi connectivity index (χ1v) is 11.0. The highest BCUT2D eigenvalue weighted by atomic mass is 32.1. The van der Waals surface area contributed by atoms with Crippen LogP contribution in [0.4, 0.5) is 15.1 Å². The fourth-order valence-corrected chi connectivity index (χ4v) is 5.69. The van der Waals surface area contributed by atoms with Gasteiger partial charge in [-0.1, -0.05) is 12.8 Å². The van der Waals surface area contributed by atoms with E-state index in [1.807, 2.05) is 0 Å². The van der Waals surface area contributed by atoms with Crippen molar-refractivity contribution in [3.8, 4) is 0 Å². The minimum Gasteiger partial charge on any atom is -0.481 e. The number of nitrogens with one attached hydrogen (secondary N) is 2. The summed E-state index contributed by atoms with van der Waals surface area (Å²) < 4.78 is 13.1. The maximum absolute atomic E-state index is 13.1. The van der Waals surface area contributed by atoms with E-state index in [0.29, 0.717) is 29.1 Å². The number of fused-ring (bicyclic) bond motifs is 1. The Hall–Kier alpha value is -2.74. The third-order valence-corrected chi connectivity index (χ3v) is 7.11. The van der Waals surface area contributed by atoms with E-state index >= 15 is 0 Å². The molecule has 0 spiro atoms. The van der Waals surface area contributed by atoms with Crippen molar-refractivity contribution in [1.82, 2.24) is 0 Å². The van der Waals surface area contributed by atoms with Crippen molar-refractivity contribution in [3.63, 3.8) is 0 Å². The molecule has 2 unspecified atom stereocenters. The second kappa shape index (κ2) is 8.55. The number of amides is 2. The molecule has 1 aromatic carbocycles. The normalized spacial score (nSPS) is 20.4. The Kier molecular flexibility index (Phi) is 5.85. The number of carboxylic acid groups (broad SMARTS) is 1. The maximum Gasteiger partial charge on any atom is 0.307 e.